The maximum Gasteiger partial charge on any atom is 0.416 e. The average Bonchev–Trinajstić information content (AvgIpc) is 2.80. The van der Waals surface area contributed by atoms with E-state index in [1.807, 2.05) is 6.07 Å². The number of methoxy groups -OCH3 is 1. The van der Waals surface area contributed by atoms with Crippen molar-refractivity contribution in [3.63, 3.8) is 0 Å². The zero-order chi connectivity index (χ0) is 25.1. The van der Waals surface area contributed by atoms with Crippen molar-refractivity contribution in [2.75, 3.05) is 13.7 Å². The van der Waals surface area contributed by atoms with E-state index in [4.69, 9.17) is 4.74 Å². The van der Waals surface area contributed by atoms with E-state index in [0.717, 1.165) is 18.7 Å². The molecule has 0 aliphatic carbocycles. The summed E-state index contributed by atoms with van der Waals surface area (Å²) in [5.74, 6) is -1.76. The SMILES string of the molecule is COC(=O)[C@@H](Cc1ccccc1C(F)(F)F)NC(=O)C[C@H](O)CNC(=O)OCc1ccccc1. The van der Waals surface area contributed by atoms with Crippen LogP contribution in [0.25, 0.3) is 0 Å². The van der Waals surface area contributed by atoms with Gasteiger partial charge in [-0.2, -0.15) is 13.2 Å². The predicted molar refractivity (Wildman–Crippen MR) is 114 cm³/mol. The van der Waals surface area contributed by atoms with Crippen LogP contribution in [0.5, 0.6) is 0 Å². The largest absolute Gasteiger partial charge is 0.467 e. The fraction of sp³-hybridized carbons (Fsp3) is 0.348. The molecule has 0 heterocycles. The highest BCUT2D eigenvalue weighted by Gasteiger charge is 2.34. The van der Waals surface area contributed by atoms with E-state index in [0.29, 0.717) is 0 Å². The van der Waals surface area contributed by atoms with Crippen molar-refractivity contribution in [1.82, 2.24) is 10.6 Å². The Morgan fingerprint density at radius 2 is 1.68 bits per heavy atom. The Bertz CT molecular complexity index is 969. The summed E-state index contributed by atoms with van der Waals surface area (Å²) in [6, 6.07) is 12.2. The smallest absolute Gasteiger partial charge is 0.416 e. The van der Waals surface area contributed by atoms with Crippen LogP contribution in [0.2, 0.25) is 0 Å². The number of benzene rings is 2. The quantitative estimate of drug-likeness (QED) is 0.449. The molecule has 0 aliphatic rings. The van der Waals surface area contributed by atoms with Gasteiger partial charge in [-0.05, 0) is 17.2 Å². The van der Waals surface area contributed by atoms with Crippen molar-refractivity contribution >= 4 is 18.0 Å². The van der Waals surface area contributed by atoms with Crippen LogP contribution in [0.15, 0.2) is 54.6 Å². The van der Waals surface area contributed by atoms with E-state index in [9.17, 15) is 32.7 Å². The van der Waals surface area contributed by atoms with Crippen molar-refractivity contribution in [3.05, 3.63) is 71.3 Å². The number of aliphatic hydroxyl groups excluding tert-OH is 1. The molecule has 2 amide bonds. The van der Waals surface area contributed by atoms with Gasteiger partial charge in [-0.25, -0.2) is 9.59 Å². The van der Waals surface area contributed by atoms with Gasteiger partial charge in [0.25, 0.3) is 0 Å². The van der Waals surface area contributed by atoms with Crippen molar-refractivity contribution in [2.45, 2.75) is 37.8 Å². The molecule has 184 valence electrons. The Labute approximate surface area is 194 Å². The van der Waals surface area contributed by atoms with Crippen molar-refractivity contribution < 1.29 is 42.1 Å². The van der Waals surface area contributed by atoms with Crippen LogP contribution in [-0.2, 0) is 38.3 Å². The maximum absolute atomic E-state index is 13.2. The molecule has 0 aliphatic heterocycles. The molecule has 0 fully saturated rings. The zero-order valence-electron chi connectivity index (χ0n) is 18.3. The highest BCUT2D eigenvalue weighted by Crippen LogP contribution is 2.32. The summed E-state index contributed by atoms with van der Waals surface area (Å²) in [5, 5.41) is 14.6. The highest BCUT2D eigenvalue weighted by molar-refractivity contribution is 5.85. The Kier molecular flexibility index (Phi) is 9.87. The molecule has 11 heteroatoms. The molecule has 2 rings (SSSR count). The Balaban J connectivity index is 1.87. The lowest BCUT2D eigenvalue weighted by atomic mass is 9.99. The van der Waals surface area contributed by atoms with Gasteiger partial charge in [0, 0.05) is 13.0 Å². The Hall–Kier alpha value is -3.60. The van der Waals surface area contributed by atoms with Gasteiger partial charge in [0.15, 0.2) is 0 Å². The van der Waals surface area contributed by atoms with E-state index in [1.165, 1.54) is 18.2 Å². The van der Waals surface area contributed by atoms with Gasteiger partial charge in [0.2, 0.25) is 5.91 Å². The van der Waals surface area contributed by atoms with Crippen LogP contribution in [0.1, 0.15) is 23.1 Å². The van der Waals surface area contributed by atoms with E-state index in [1.54, 1.807) is 24.3 Å². The van der Waals surface area contributed by atoms with E-state index in [2.05, 4.69) is 15.4 Å². The minimum absolute atomic E-state index is 0.0173. The Morgan fingerprint density at radius 3 is 2.32 bits per heavy atom. The number of ether oxygens (including phenoxy) is 2. The topological polar surface area (TPSA) is 114 Å². The number of amides is 2. The lowest BCUT2D eigenvalue weighted by Crippen LogP contribution is -2.45. The number of alkyl carbamates (subject to hydrolysis) is 1. The summed E-state index contributed by atoms with van der Waals surface area (Å²) in [6.45, 7) is -0.301. The minimum atomic E-state index is -4.64. The predicted octanol–water partition coefficient (Wildman–Crippen LogP) is 2.58. The third-order valence-corrected chi connectivity index (χ3v) is 4.68. The second-order valence-electron chi connectivity index (χ2n) is 7.30. The van der Waals surface area contributed by atoms with Crippen LogP contribution < -0.4 is 10.6 Å². The molecule has 0 saturated carbocycles. The van der Waals surface area contributed by atoms with Gasteiger partial charge in [-0.1, -0.05) is 48.5 Å². The number of carbonyl (C=O) groups excluding carboxylic acids is 3. The Morgan fingerprint density at radius 1 is 1.03 bits per heavy atom. The van der Waals surface area contributed by atoms with E-state index < -0.39 is 54.7 Å². The second kappa shape index (κ2) is 12.6. The van der Waals surface area contributed by atoms with Crippen LogP contribution in [0.4, 0.5) is 18.0 Å². The summed E-state index contributed by atoms with van der Waals surface area (Å²) < 4.78 is 49.3. The first-order valence-electron chi connectivity index (χ1n) is 10.2. The van der Waals surface area contributed by atoms with E-state index >= 15 is 0 Å². The monoisotopic (exact) mass is 482 g/mol. The number of hydrogen-bond acceptors (Lipinski definition) is 6. The first-order valence-corrected chi connectivity index (χ1v) is 10.2. The summed E-state index contributed by atoms with van der Waals surface area (Å²) in [4.78, 5) is 36.0. The van der Waals surface area contributed by atoms with Gasteiger partial charge < -0.3 is 25.2 Å². The van der Waals surface area contributed by atoms with Crippen LogP contribution in [-0.4, -0.2) is 48.9 Å². The molecule has 0 unspecified atom stereocenters. The molecule has 2 atom stereocenters. The van der Waals surface area contributed by atoms with E-state index in [-0.39, 0.29) is 18.7 Å². The fourth-order valence-electron chi connectivity index (χ4n) is 3.05. The molecule has 0 spiro atoms. The summed E-state index contributed by atoms with van der Waals surface area (Å²) in [5.41, 5.74) is -0.371. The van der Waals surface area contributed by atoms with Crippen molar-refractivity contribution in [1.29, 1.82) is 0 Å². The molecule has 0 saturated heterocycles. The zero-order valence-corrected chi connectivity index (χ0v) is 18.3. The summed E-state index contributed by atoms with van der Waals surface area (Å²) in [7, 11) is 1.04. The molecule has 0 radical (unpaired) electrons. The third-order valence-electron chi connectivity index (χ3n) is 4.68. The number of esters is 1. The maximum atomic E-state index is 13.2. The minimum Gasteiger partial charge on any atom is -0.467 e. The second-order valence-corrected chi connectivity index (χ2v) is 7.30. The number of carbonyl (C=O) groups is 3. The van der Waals surface area contributed by atoms with Crippen LogP contribution in [0.3, 0.4) is 0 Å². The average molecular weight is 482 g/mol. The lowest BCUT2D eigenvalue weighted by molar-refractivity contribution is -0.146. The molecular weight excluding hydrogens is 457 g/mol. The highest BCUT2D eigenvalue weighted by atomic mass is 19.4. The van der Waals surface area contributed by atoms with Gasteiger partial charge in [-0.3, -0.25) is 4.79 Å². The number of nitrogens with one attached hydrogen (secondary N) is 2. The number of hydrogen-bond donors (Lipinski definition) is 3. The first kappa shape index (κ1) is 26.7. The summed E-state index contributed by atoms with van der Waals surface area (Å²) >= 11 is 0. The molecule has 8 nitrogen and oxygen atoms in total. The van der Waals surface area contributed by atoms with Crippen LogP contribution >= 0.6 is 0 Å². The molecule has 0 aromatic heterocycles. The van der Waals surface area contributed by atoms with Crippen molar-refractivity contribution in [3.8, 4) is 0 Å². The molecule has 2 aromatic carbocycles. The number of aliphatic hydroxyl groups is 1. The summed E-state index contributed by atoms with van der Waals surface area (Å²) in [6.07, 6.45) is -7.76. The molecule has 0 bridgehead atoms. The number of rotatable bonds is 10. The fourth-order valence-corrected chi connectivity index (χ4v) is 3.05. The third kappa shape index (κ3) is 8.74. The molecule has 3 N–H and O–H groups in total. The number of alkyl halides is 3. The molecule has 2 aromatic rings. The normalized spacial score (nSPS) is 12.9. The van der Waals surface area contributed by atoms with Gasteiger partial charge in [-0.15, -0.1) is 0 Å². The molecule has 34 heavy (non-hydrogen) atoms. The van der Waals surface area contributed by atoms with Gasteiger partial charge in [0.1, 0.15) is 12.6 Å². The standard InChI is InChI=1S/C23H25F3N2O6/c1-33-21(31)19(11-16-9-5-6-10-18(16)23(24,25)26)28-20(30)12-17(29)13-27-22(32)34-14-15-7-3-2-4-8-15/h2-10,17,19,29H,11-14H2,1H3,(H,27,32)(H,28,30)/t17-,19+/m0/s1. The van der Waals surface area contributed by atoms with Gasteiger partial charge >= 0.3 is 18.2 Å². The van der Waals surface area contributed by atoms with Crippen molar-refractivity contribution in [2.24, 2.45) is 0 Å². The van der Waals surface area contributed by atoms with Crippen LogP contribution in [0, 0.1) is 0 Å². The number of halogens is 3. The first-order chi connectivity index (χ1) is 16.1. The molecular formula is C23H25F3N2O6. The van der Waals surface area contributed by atoms with Gasteiger partial charge in [0.05, 0.1) is 25.2 Å². The lowest BCUT2D eigenvalue weighted by Gasteiger charge is -2.20.